The number of carboxylic acids is 1. The van der Waals surface area contributed by atoms with Crippen LogP contribution in [0, 0.1) is 0 Å². The van der Waals surface area contributed by atoms with Gasteiger partial charge in [0.25, 0.3) is 0 Å². The molecule has 1 aliphatic rings. The third-order valence-corrected chi connectivity index (χ3v) is 5.34. The van der Waals surface area contributed by atoms with Gasteiger partial charge in [-0.05, 0) is 29.2 Å². The number of aromatic nitrogens is 2. The number of carboxylic acid groups (broad SMARTS) is 1. The number of carbonyl (C=O) groups excluding carboxylic acids is 1. The highest BCUT2D eigenvalue weighted by molar-refractivity contribution is 8.00. The smallest absolute Gasteiger partial charge is 0.325 e. The molecule has 2 aromatic heterocycles. The van der Waals surface area contributed by atoms with Crippen molar-refractivity contribution in [2.24, 2.45) is 0 Å². The van der Waals surface area contributed by atoms with E-state index >= 15 is 0 Å². The summed E-state index contributed by atoms with van der Waals surface area (Å²) in [4.78, 5) is 24.2. The van der Waals surface area contributed by atoms with Crippen LogP contribution in [0.25, 0.3) is 0 Å². The van der Waals surface area contributed by atoms with Crippen molar-refractivity contribution in [3.63, 3.8) is 0 Å². The lowest BCUT2D eigenvalue weighted by atomic mass is 10.1. The van der Waals surface area contributed by atoms with Gasteiger partial charge in [0.05, 0.1) is 0 Å². The Balaban J connectivity index is 1.70. The summed E-state index contributed by atoms with van der Waals surface area (Å²) in [5.41, 5.74) is 1.08. The molecular formula is C13H13N3O3S2. The molecule has 6 nitrogen and oxygen atoms in total. The van der Waals surface area contributed by atoms with Crippen LogP contribution in [-0.4, -0.2) is 32.5 Å². The number of hydrogen-bond donors (Lipinski definition) is 2. The van der Waals surface area contributed by atoms with E-state index in [1.54, 1.807) is 29.2 Å². The van der Waals surface area contributed by atoms with Gasteiger partial charge in [-0.3, -0.25) is 14.3 Å². The maximum Gasteiger partial charge on any atom is 0.325 e. The largest absolute Gasteiger partial charge is 0.480 e. The SMILES string of the molecule is O=C(O)Cn1ccc(NC(=O)C2SCCc3sccc32)n1. The van der Waals surface area contributed by atoms with Crippen LogP contribution in [0.4, 0.5) is 5.82 Å². The van der Waals surface area contributed by atoms with E-state index in [0.29, 0.717) is 5.82 Å². The number of nitrogens with zero attached hydrogens (tertiary/aromatic N) is 2. The normalized spacial score (nSPS) is 17.2. The van der Waals surface area contributed by atoms with Gasteiger partial charge < -0.3 is 10.4 Å². The maximum absolute atomic E-state index is 12.4. The summed E-state index contributed by atoms with van der Waals surface area (Å²) >= 11 is 3.31. The molecule has 0 saturated heterocycles. The van der Waals surface area contributed by atoms with E-state index in [-0.39, 0.29) is 17.7 Å². The molecule has 3 heterocycles. The summed E-state index contributed by atoms with van der Waals surface area (Å²) in [6.07, 6.45) is 2.54. The summed E-state index contributed by atoms with van der Waals surface area (Å²) in [5, 5.41) is 17.3. The van der Waals surface area contributed by atoms with Crippen LogP contribution in [-0.2, 0) is 22.6 Å². The van der Waals surface area contributed by atoms with Crippen LogP contribution < -0.4 is 5.32 Å². The molecule has 0 aromatic carbocycles. The zero-order chi connectivity index (χ0) is 14.8. The standard InChI is InChI=1S/C13H13N3O3S2/c17-11(18)7-16-4-1-10(15-16)14-13(19)12-8-2-5-20-9(8)3-6-21-12/h1-2,4-5,12H,3,6-7H2,(H,17,18)(H,14,15,19). The first kappa shape index (κ1) is 14.2. The van der Waals surface area contributed by atoms with E-state index in [9.17, 15) is 9.59 Å². The summed E-state index contributed by atoms with van der Waals surface area (Å²) in [6.45, 7) is -0.220. The summed E-state index contributed by atoms with van der Waals surface area (Å²) in [6, 6.07) is 3.60. The van der Waals surface area contributed by atoms with Crippen LogP contribution in [0.15, 0.2) is 23.7 Å². The number of fused-ring (bicyclic) bond motifs is 1. The van der Waals surface area contributed by atoms with E-state index in [0.717, 1.165) is 17.7 Å². The highest BCUT2D eigenvalue weighted by Gasteiger charge is 2.28. The number of rotatable bonds is 4. The zero-order valence-electron chi connectivity index (χ0n) is 11.0. The molecule has 2 aromatic rings. The number of carbonyl (C=O) groups is 2. The van der Waals surface area contributed by atoms with Gasteiger partial charge in [0, 0.05) is 17.1 Å². The highest BCUT2D eigenvalue weighted by Crippen LogP contribution is 2.39. The molecule has 0 aliphatic carbocycles. The molecule has 1 amide bonds. The lowest BCUT2D eigenvalue weighted by Crippen LogP contribution is -2.22. The predicted octanol–water partition coefficient (Wildman–Crippen LogP) is 2.00. The number of thiophene rings is 1. The molecule has 1 unspecified atom stereocenters. The fraction of sp³-hybridized carbons (Fsp3) is 0.308. The monoisotopic (exact) mass is 323 g/mol. The Bertz CT molecular complexity index is 680. The molecule has 3 rings (SSSR count). The second-order valence-corrected chi connectivity index (χ2v) is 6.80. The fourth-order valence-electron chi connectivity index (χ4n) is 2.21. The number of amides is 1. The number of hydrogen-bond acceptors (Lipinski definition) is 5. The molecule has 0 spiro atoms. The number of nitrogens with one attached hydrogen (secondary N) is 1. The summed E-state index contributed by atoms with van der Waals surface area (Å²) < 4.78 is 1.28. The molecule has 110 valence electrons. The first-order valence-electron chi connectivity index (χ1n) is 6.37. The third-order valence-electron chi connectivity index (χ3n) is 3.10. The van der Waals surface area contributed by atoms with Crippen molar-refractivity contribution in [2.45, 2.75) is 18.2 Å². The van der Waals surface area contributed by atoms with E-state index in [2.05, 4.69) is 10.4 Å². The minimum Gasteiger partial charge on any atom is -0.480 e. The van der Waals surface area contributed by atoms with Gasteiger partial charge in [-0.25, -0.2) is 0 Å². The highest BCUT2D eigenvalue weighted by atomic mass is 32.2. The van der Waals surface area contributed by atoms with Crippen LogP contribution in [0.2, 0.25) is 0 Å². The lowest BCUT2D eigenvalue weighted by Gasteiger charge is -2.20. The molecular weight excluding hydrogens is 310 g/mol. The van der Waals surface area contributed by atoms with Gasteiger partial charge in [0.1, 0.15) is 11.8 Å². The maximum atomic E-state index is 12.4. The van der Waals surface area contributed by atoms with Gasteiger partial charge in [0.2, 0.25) is 5.91 Å². The average molecular weight is 323 g/mol. The Morgan fingerprint density at radius 3 is 3.14 bits per heavy atom. The van der Waals surface area contributed by atoms with Gasteiger partial charge >= 0.3 is 5.97 Å². The molecule has 1 aliphatic heterocycles. The first-order valence-corrected chi connectivity index (χ1v) is 8.30. The quantitative estimate of drug-likeness (QED) is 0.899. The second kappa shape index (κ2) is 5.90. The van der Waals surface area contributed by atoms with E-state index in [1.807, 2.05) is 11.4 Å². The van der Waals surface area contributed by atoms with E-state index < -0.39 is 5.97 Å². The number of thioether (sulfide) groups is 1. The van der Waals surface area contributed by atoms with Crippen molar-refractivity contribution in [3.05, 3.63) is 34.2 Å². The van der Waals surface area contributed by atoms with Crippen LogP contribution in [0.3, 0.4) is 0 Å². The van der Waals surface area contributed by atoms with Gasteiger partial charge in [-0.1, -0.05) is 0 Å². The predicted molar refractivity (Wildman–Crippen MR) is 81.7 cm³/mol. The zero-order valence-corrected chi connectivity index (χ0v) is 12.6. The van der Waals surface area contributed by atoms with Crippen molar-refractivity contribution >= 4 is 40.8 Å². The van der Waals surface area contributed by atoms with Gasteiger partial charge in [0.15, 0.2) is 5.82 Å². The molecule has 8 heteroatoms. The molecule has 2 N–H and O–H groups in total. The number of aryl methyl sites for hydroxylation is 1. The molecule has 0 fully saturated rings. The summed E-state index contributed by atoms with van der Waals surface area (Å²) in [5.74, 6) is 0.227. The third kappa shape index (κ3) is 3.11. The number of aliphatic carboxylic acids is 1. The van der Waals surface area contributed by atoms with E-state index in [1.165, 1.54) is 15.8 Å². The molecule has 0 radical (unpaired) electrons. The number of anilines is 1. The van der Waals surface area contributed by atoms with Crippen molar-refractivity contribution < 1.29 is 14.7 Å². The molecule has 21 heavy (non-hydrogen) atoms. The Labute approximate surface area is 129 Å². The Morgan fingerprint density at radius 2 is 2.33 bits per heavy atom. The topological polar surface area (TPSA) is 84.2 Å². The van der Waals surface area contributed by atoms with Crippen molar-refractivity contribution in [1.29, 1.82) is 0 Å². The Kier molecular flexibility index (Phi) is 3.98. The van der Waals surface area contributed by atoms with Crippen LogP contribution >= 0.6 is 23.1 Å². The van der Waals surface area contributed by atoms with Crippen LogP contribution in [0.1, 0.15) is 15.7 Å². The van der Waals surface area contributed by atoms with Crippen LogP contribution in [0.5, 0.6) is 0 Å². The molecule has 0 saturated carbocycles. The molecule has 1 atom stereocenters. The van der Waals surface area contributed by atoms with Crippen molar-refractivity contribution in [3.8, 4) is 0 Å². The van der Waals surface area contributed by atoms with Crippen molar-refractivity contribution in [2.75, 3.05) is 11.1 Å². The second-order valence-electron chi connectivity index (χ2n) is 4.58. The fourth-order valence-corrected chi connectivity index (χ4v) is 4.50. The van der Waals surface area contributed by atoms with Crippen molar-refractivity contribution in [1.82, 2.24) is 9.78 Å². The Hall–Kier alpha value is -1.80. The first-order chi connectivity index (χ1) is 10.1. The minimum atomic E-state index is -0.971. The minimum absolute atomic E-state index is 0.111. The summed E-state index contributed by atoms with van der Waals surface area (Å²) in [7, 11) is 0. The molecule has 0 bridgehead atoms. The van der Waals surface area contributed by atoms with Gasteiger partial charge in [-0.2, -0.15) is 5.10 Å². The Morgan fingerprint density at radius 1 is 1.48 bits per heavy atom. The average Bonchev–Trinajstić information content (AvgIpc) is 3.06. The van der Waals surface area contributed by atoms with Gasteiger partial charge in [-0.15, -0.1) is 23.1 Å². The van der Waals surface area contributed by atoms with E-state index in [4.69, 9.17) is 5.11 Å². The lowest BCUT2D eigenvalue weighted by molar-refractivity contribution is -0.137.